The molecule has 0 aliphatic heterocycles. The minimum atomic E-state index is -3.20. The van der Waals surface area contributed by atoms with Gasteiger partial charge in [-0.3, -0.25) is 4.99 Å². The average Bonchev–Trinajstić information content (AvgIpc) is 3.02. The van der Waals surface area contributed by atoms with Gasteiger partial charge in [0.05, 0.1) is 12.3 Å². The van der Waals surface area contributed by atoms with Gasteiger partial charge in [-0.25, -0.2) is 13.1 Å². The van der Waals surface area contributed by atoms with Gasteiger partial charge in [0.1, 0.15) is 0 Å². The highest BCUT2D eigenvalue weighted by atomic mass is 32.2. The van der Waals surface area contributed by atoms with Gasteiger partial charge in [-0.2, -0.15) is 0 Å². The minimum absolute atomic E-state index is 0.0521. The molecule has 2 fully saturated rings. The van der Waals surface area contributed by atoms with Crippen molar-refractivity contribution in [1.29, 1.82) is 0 Å². The summed E-state index contributed by atoms with van der Waals surface area (Å²) in [7, 11) is -3.20. The molecule has 2 atom stereocenters. The van der Waals surface area contributed by atoms with Crippen molar-refractivity contribution in [3.8, 4) is 0 Å². The van der Waals surface area contributed by atoms with Crippen molar-refractivity contribution in [3.63, 3.8) is 0 Å². The molecule has 2 aliphatic rings. The number of rotatable bonds is 8. The van der Waals surface area contributed by atoms with Gasteiger partial charge in [0.2, 0.25) is 10.0 Å². The van der Waals surface area contributed by atoms with Gasteiger partial charge in [0, 0.05) is 19.1 Å². The minimum Gasteiger partial charge on any atom is -0.357 e. The Hall–Kier alpha value is -0.820. The fraction of sp³-hybridized carbons (Fsp3) is 0.929. The zero-order chi connectivity index (χ0) is 15.3. The standard InChI is InChI=1S/C14H28N4O2S/c1-3-15-14(18-13-9-11(13)2)16-7-8-21(19,20)17-10-12-5-4-6-12/h11-13,17H,3-10H2,1-2H3,(H2,15,16,18)/t11-,13+/m0/s1. The Labute approximate surface area is 128 Å². The van der Waals surface area contributed by atoms with Crippen LogP contribution in [0.3, 0.4) is 0 Å². The molecule has 21 heavy (non-hydrogen) atoms. The number of nitrogens with one attached hydrogen (secondary N) is 3. The molecular formula is C14H28N4O2S. The molecule has 0 saturated heterocycles. The topological polar surface area (TPSA) is 82.6 Å². The summed E-state index contributed by atoms with van der Waals surface area (Å²) in [6.07, 6.45) is 4.68. The molecule has 0 unspecified atom stereocenters. The van der Waals surface area contributed by atoms with Gasteiger partial charge in [-0.1, -0.05) is 13.3 Å². The van der Waals surface area contributed by atoms with Crippen LogP contribution in [0.5, 0.6) is 0 Å². The Morgan fingerprint density at radius 1 is 1.33 bits per heavy atom. The fourth-order valence-corrected chi connectivity index (χ4v) is 3.28. The molecule has 0 aromatic rings. The molecule has 122 valence electrons. The molecule has 0 amide bonds. The predicted octanol–water partition coefficient (Wildman–Crippen LogP) is 0.669. The molecule has 2 aliphatic carbocycles. The lowest BCUT2D eigenvalue weighted by molar-refractivity contribution is 0.316. The van der Waals surface area contributed by atoms with Crippen molar-refractivity contribution >= 4 is 16.0 Å². The normalized spacial score (nSPS) is 26.3. The molecule has 0 spiro atoms. The SMILES string of the molecule is CCNC(=NCCS(=O)(=O)NCC1CCC1)N[C@@H]1C[C@@H]1C. The Morgan fingerprint density at radius 3 is 2.57 bits per heavy atom. The lowest BCUT2D eigenvalue weighted by atomic mass is 9.86. The number of hydrogen-bond acceptors (Lipinski definition) is 3. The Bertz CT molecular complexity index is 460. The van der Waals surface area contributed by atoms with E-state index in [2.05, 4.69) is 27.3 Å². The zero-order valence-electron chi connectivity index (χ0n) is 13.1. The second kappa shape index (κ2) is 7.45. The van der Waals surface area contributed by atoms with Crippen LogP contribution in [0.1, 0.15) is 39.5 Å². The van der Waals surface area contributed by atoms with Gasteiger partial charge in [-0.05, 0) is 38.0 Å². The molecular weight excluding hydrogens is 288 g/mol. The van der Waals surface area contributed by atoms with E-state index in [1.165, 1.54) is 6.42 Å². The summed E-state index contributed by atoms with van der Waals surface area (Å²) in [5.41, 5.74) is 0. The zero-order valence-corrected chi connectivity index (χ0v) is 13.9. The second-order valence-electron chi connectivity index (χ2n) is 6.19. The molecule has 0 bridgehead atoms. The largest absolute Gasteiger partial charge is 0.357 e. The van der Waals surface area contributed by atoms with E-state index in [-0.39, 0.29) is 12.3 Å². The van der Waals surface area contributed by atoms with Crippen LogP contribution in [-0.4, -0.2) is 45.8 Å². The molecule has 0 aromatic carbocycles. The van der Waals surface area contributed by atoms with E-state index < -0.39 is 10.0 Å². The molecule has 0 radical (unpaired) electrons. The second-order valence-corrected chi connectivity index (χ2v) is 8.12. The predicted molar refractivity (Wildman–Crippen MR) is 85.8 cm³/mol. The highest BCUT2D eigenvalue weighted by Gasteiger charge is 2.33. The van der Waals surface area contributed by atoms with E-state index in [4.69, 9.17) is 0 Å². The van der Waals surface area contributed by atoms with E-state index in [1.807, 2.05) is 6.92 Å². The molecule has 3 N–H and O–H groups in total. The number of sulfonamides is 1. The molecule has 0 heterocycles. The summed E-state index contributed by atoms with van der Waals surface area (Å²) in [6.45, 7) is 5.85. The quantitative estimate of drug-likeness (QED) is 0.454. The fourth-order valence-electron chi connectivity index (χ4n) is 2.31. The number of aliphatic imine (C=N–C) groups is 1. The molecule has 7 heteroatoms. The van der Waals surface area contributed by atoms with Crippen molar-refractivity contribution in [2.24, 2.45) is 16.8 Å². The number of hydrogen-bond donors (Lipinski definition) is 3. The average molecular weight is 316 g/mol. The van der Waals surface area contributed by atoms with Gasteiger partial charge in [0.25, 0.3) is 0 Å². The summed E-state index contributed by atoms with van der Waals surface area (Å²) in [5.74, 6) is 2.00. The Kier molecular flexibility index (Phi) is 5.87. The first-order chi connectivity index (χ1) is 10.00. The Balaban J connectivity index is 1.71. The highest BCUT2D eigenvalue weighted by Crippen LogP contribution is 2.28. The van der Waals surface area contributed by atoms with Gasteiger partial charge in [0.15, 0.2) is 5.96 Å². The van der Waals surface area contributed by atoms with Crippen LogP contribution in [0.25, 0.3) is 0 Å². The van der Waals surface area contributed by atoms with E-state index in [0.717, 1.165) is 31.8 Å². The van der Waals surface area contributed by atoms with Crippen molar-refractivity contribution in [2.45, 2.75) is 45.6 Å². The van der Waals surface area contributed by atoms with Crippen molar-refractivity contribution in [1.82, 2.24) is 15.4 Å². The third kappa shape index (κ3) is 5.82. The summed E-state index contributed by atoms with van der Waals surface area (Å²) in [5, 5.41) is 6.47. The van der Waals surface area contributed by atoms with Crippen LogP contribution < -0.4 is 15.4 Å². The van der Waals surface area contributed by atoms with Crippen molar-refractivity contribution in [3.05, 3.63) is 0 Å². The summed E-state index contributed by atoms with van der Waals surface area (Å²) in [6, 6.07) is 0.483. The first kappa shape index (κ1) is 16.5. The first-order valence-electron chi connectivity index (χ1n) is 8.02. The lowest BCUT2D eigenvalue weighted by Gasteiger charge is -2.25. The maximum Gasteiger partial charge on any atom is 0.213 e. The van der Waals surface area contributed by atoms with Crippen LogP contribution >= 0.6 is 0 Å². The van der Waals surface area contributed by atoms with Gasteiger partial charge < -0.3 is 10.6 Å². The van der Waals surface area contributed by atoms with Crippen LogP contribution in [0.2, 0.25) is 0 Å². The third-order valence-corrected chi connectivity index (χ3v) is 5.55. The van der Waals surface area contributed by atoms with Gasteiger partial charge >= 0.3 is 0 Å². The molecule has 2 rings (SSSR count). The van der Waals surface area contributed by atoms with Crippen LogP contribution in [0.4, 0.5) is 0 Å². The number of guanidine groups is 1. The number of nitrogens with zero attached hydrogens (tertiary/aromatic N) is 1. The summed E-state index contributed by atoms with van der Waals surface area (Å²) >= 11 is 0. The summed E-state index contributed by atoms with van der Waals surface area (Å²) in [4.78, 5) is 4.35. The maximum atomic E-state index is 11.9. The first-order valence-corrected chi connectivity index (χ1v) is 9.67. The highest BCUT2D eigenvalue weighted by molar-refractivity contribution is 7.89. The van der Waals surface area contributed by atoms with E-state index in [0.29, 0.717) is 24.4 Å². The smallest absolute Gasteiger partial charge is 0.213 e. The van der Waals surface area contributed by atoms with E-state index >= 15 is 0 Å². The van der Waals surface area contributed by atoms with Crippen molar-refractivity contribution < 1.29 is 8.42 Å². The van der Waals surface area contributed by atoms with E-state index in [9.17, 15) is 8.42 Å². The molecule has 2 saturated carbocycles. The Morgan fingerprint density at radius 2 is 2.05 bits per heavy atom. The lowest BCUT2D eigenvalue weighted by Crippen LogP contribution is -2.40. The summed E-state index contributed by atoms with van der Waals surface area (Å²) < 4.78 is 26.4. The maximum absolute atomic E-state index is 11.9. The molecule has 6 nitrogen and oxygen atoms in total. The van der Waals surface area contributed by atoms with Crippen LogP contribution in [0, 0.1) is 11.8 Å². The third-order valence-electron chi connectivity index (χ3n) is 4.22. The van der Waals surface area contributed by atoms with Crippen LogP contribution in [0.15, 0.2) is 4.99 Å². The van der Waals surface area contributed by atoms with Crippen molar-refractivity contribution in [2.75, 3.05) is 25.4 Å². The van der Waals surface area contributed by atoms with Crippen LogP contribution in [-0.2, 0) is 10.0 Å². The monoisotopic (exact) mass is 316 g/mol. The van der Waals surface area contributed by atoms with E-state index in [1.54, 1.807) is 0 Å². The van der Waals surface area contributed by atoms with Gasteiger partial charge in [-0.15, -0.1) is 0 Å². The molecule has 0 aromatic heterocycles.